The van der Waals surface area contributed by atoms with Crippen LogP contribution in [0.2, 0.25) is 0 Å². The van der Waals surface area contributed by atoms with Gasteiger partial charge in [-0.15, -0.1) is 0 Å². The highest BCUT2D eigenvalue weighted by Gasteiger charge is 2.36. The number of ether oxygens (including phenoxy) is 1. The zero-order chi connectivity index (χ0) is 12.3. The first-order valence-corrected chi connectivity index (χ1v) is 5.72. The molecule has 17 heavy (non-hydrogen) atoms. The number of aryl methyl sites for hydroxylation is 1. The molecule has 1 aliphatic carbocycles. The maximum Gasteiger partial charge on any atom is 0.147 e. The Morgan fingerprint density at radius 3 is 2.88 bits per heavy atom. The maximum absolute atomic E-state index is 8.97. The van der Waals surface area contributed by atoms with Gasteiger partial charge in [0.25, 0.3) is 0 Å². The molecule has 0 aliphatic heterocycles. The standard InChI is InChI=1S/C12H16N4O/c1-9-14-7-10(6-13)11(16-9)15-8-12(17-2)4-3-5-12/h7H,3-5,8H2,1-2H3,(H,14,15,16). The van der Waals surface area contributed by atoms with Crippen molar-refractivity contribution in [3.05, 3.63) is 17.6 Å². The van der Waals surface area contributed by atoms with Crippen LogP contribution in [0.3, 0.4) is 0 Å². The fourth-order valence-electron chi connectivity index (χ4n) is 1.96. The van der Waals surface area contributed by atoms with E-state index in [-0.39, 0.29) is 5.60 Å². The third-order valence-corrected chi connectivity index (χ3v) is 3.31. The Labute approximate surface area is 101 Å². The molecule has 1 saturated carbocycles. The highest BCUT2D eigenvalue weighted by molar-refractivity contribution is 5.50. The molecule has 0 atom stereocenters. The summed E-state index contributed by atoms with van der Waals surface area (Å²) < 4.78 is 5.51. The lowest BCUT2D eigenvalue weighted by atomic mass is 9.80. The number of anilines is 1. The second-order valence-corrected chi connectivity index (χ2v) is 4.39. The number of nitrogens with one attached hydrogen (secondary N) is 1. The van der Waals surface area contributed by atoms with E-state index in [0.29, 0.717) is 23.8 Å². The Morgan fingerprint density at radius 1 is 1.59 bits per heavy atom. The number of nitriles is 1. The van der Waals surface area contributed by atoms with Crippen LogP contribution in [0.4, 0.5) is 5.82 Å². The lowest BCUT2D eigenvalue weighted by molar-refractivity contribution is -0.0601. The predicted octanol–water partition coefficient (Wildman–Crippen LogP) is 1.64. The van der Waals surface area contributed by atoms with Crippen LogP contribution >= 0.6 is 0 Å². The minimum atomic E-state index is -0.0778. The summed E-state index contributed by atoms with van der Waals surface area (Å²) in [5.74, 6) is 1.26. The van der Waals surface area contributed by atoms with Gasteiger partial charge < -0.3 is 10.1 Å². The van der Waals surface area contributed by atoms with Crippen molar-refractivity contribution < 1.29 is 4.74 Å². The van der Waals surface area contributed by atoms with Gasteiger partial charge in [0.2, 0.25) is 0 Å². The number of methoxy groups -OCH3 is 1. The highest BCUT2D eigenvalue weighted by Crippen LogP contribution is 2.35. The molecule has 0 amide bonds. The molecule has 1 fully saturated rings. The normalized spacial score (nSPS) is 17.0. The number of rotatable bonds is 4. The minimum absolute atomic E-state index is 0.0778. The first kappa shape index (κ1) is 11.8. The molecule has 0 saturated heterocycles. The molecule has 1 heterocycles. The molecule has 90 valence electrons. The van der Waals surface area contributed by atoms with E-state index in [9.17, 15) is 0 Å². The Balaban J connectivity index is 2.08. The molecule has 5 nitrogen and oxygen atoms in total. The minimum Gasteiger partial charge on any atom is -0.376 e. The van der Waals surface area contributed by atoms with Gasteiger partial charge in [-0.05, 0) is 26.2 Å². The van der Waals surface area contributed by atoms with Gasteiger partial charge in [0.15, 0.2) is 0 Å². The van der Waals surface area contributed by atoms with Crippen LogP contribution in [-0.2, 0) is 4.74 Å². The van der Waals surface area contributed by atoms with E-state index in [1.165, 1.54) is 6.42 Å². The molecule has 1 aliphatic rings. The summed E-state index contributed by atoms with van der Waals surface area (Å²) in [6.45, 7) is 2.50. The molecule has 0 aromatic carbocycles. The van der Waals surface area contributed by atoms with Crippen LogP contribution in [-0.4, -0.2) is 29.2 Å². The molecule has 0 spiro atoms. The maximum atomic E-state index is 8.97. The topological polar surface area (TPSA) is 70.8 Å². The second kappa shape index (κ2) is 4.68. The van der Waals surface area contributed by atoms with Crippen molar-refractivity contribution >= 4 is 5.82 Å². The number of aromatic nitrogens is 2. The summed E-state index contributed by atoms with van der Waals surface area (Å²) >= 11 is 0. The van der Waals surface area contributed by atoms with E-state index in [1.54, 1.807) is 13.3 Å². The number of hydrogen-bond donors (Lipinski definition) is 1. The summed E-state index contributed by atoms with van der Waals surface area (Å²) in [4.78, 5) is 8.24. The van der Waals surface area contributed by atoms with E-state index in [0.717, 1.165) is 12.8 Å². The molecular weight excluding hydrogens is 216 g/mol. The summed E-state index contributed by atoms with van der Waals surface area (Å²) in [5.41, 5.74) is 0.396. The van der Waals surface area contributed by atoms with Crippen LogP contribution < -0.4 is 5.32 Å². The van der Waals surface area contributed by atoms with E-state index in [4.69, 9.17) is 10.00 Å². The molecule has 5 heteroatoms. The predicted molar refractivity (Wildman–Crippen MR) is 63.6 cm³/mol. The van der Waals surface area contributed by atoms with Gasteiger partial charge in [0.05, 0.1) is 11.8 Å². The fraction of sp³-hybridized carbons (Fsp3) is 0.583. The van der Waals surface area contributed by atoms with Crippen molar-refractivity contribution in [2.45, 2.75) is 31.8 Å². The van der Waals surface area contributed by atoms with Crippen molar-refractivity contribution in [1.29, 1.82) is 5.26 Å². The van der Waals surface area contributed by atoms with Crippen LogP contribution in [0.5, 0.6) is 0 Å². The van der Waals surface area contributed by atoms with Crippen LogP contribution in [0.25, 0.3) is 0 Å². The molecule has 2 rings (SSSR count). The molecule has 1 aromatic rings. The number of nitrogens with zero attached hydrogens (tertiary/aromatic N) is 3. The van der Waals surface area contributed by atoms with Crippen molar-refractivity contribution in [2.24, 2.45) is 0 Å². The summed E-state index contributed by atoms with van der Waals surface area (Å²) in [6, 6.07) is 2.08. The van der Waals surface area contributed by atoms with Gasteiger partial charge in [0.1, 0.15) is 23.3 Å². The highest BCUT2D eigenvalue weighted by atomic mass is 16.5. The Hall–Kier alpha value is -1.67. The zero-order valence-electron chi connectivity index (χ0n) is 10.2. The number of hydrogen-bond acceptors (Lipinski definition) is 5. The van der Waals surface area contributed by atoms with Crippen LogP contribution in [0.1, 0.15) is 30.7 Å². The Bertz CT molecular complexity index is 443. The molecule has 0 unspecified atom stereocenters. The monoisotopic (exact) mass is 232 g/mol. The molecule has 1 aromatic heterocycles. The summed E-state index contributed by atoms with van der Waals surface area (Å²) in [5, 5.41) is 12.2. The van der Waals surface area contributed by atoms with Gasteiger partial charge in [-0.25, -0.2) is 9.97 Å². The molecule has 0 bridgehead atoms. The van der Waals surface area contributed by atoms with Gasteiger partial charge in [0, 0.05) is 13.7 Å². The third-order valence-electron chi connectivity index (χ3n) is 3.31. The van der Waals surface area contributed by atoms with Gasteiger partial charge in [-0.2, -0.15) is 5.26 Å². The van der Waals surface area contributed by atoms with Crippen molar-refractivity contribution in [1.82, 2.24) is 9.97 Å². The third kappa shape index (κ3) is 2.37. The fourth-order valence-corrected chi connectivity index (χ4v) is 1.96. The Morgan fingerprint density at radius 2 is 2.35 bits per heavy atom. The quantitative estimate of drug-likeness (QED) is 0.854. The van der Waals surface area contributed by atoms with Crippen LogP contribution in [0, 0.1) is 18.3 Å². The zero-order valence-corrected chi connectivity index (χ0v) is 10.2. The molecule has 1 N–H and O–H groups in total. The smallest absolute Gasteiger partial charge is 0.147 e. The average molecular weight is 232 g/mol. The van der Waals surface area contributed by atoms with E-state index in [1.807, 2.05) is 6.92 Å². The van der Waals surface area contributed by atoms with Crippen molar-refractivity contribution in [3.8, 4) is 6.07 Å². The van der Waals surface area contributed by atoms with Gasteiger partial charge in [-0.3, -0.25) is 0 Å². The first-order chi connectivity index (χ1) is 8.19. The molecule has 0 radical (unpaired) electrons. The van der Waals surface area contributed by atoms with E-state index < -0.39 is 0 Å². The van der Waals surface area contributed by atoms with Crippen LogP contribution in [0.15, 0.2) is 6.20 Å². The van der Waals surface area contributed by atoms with Crippen molar-refractivity contribution in [2.75, 3.05) is 19.0 Å². The lowest BCUT2D eigenvalue weighted by Gasteiger charge is -2.40. The SMILES string of the molecule is COC1(CNc2nc(C)ncc2C#N)CCC1. The first-order valence-electron chi connectivity index (χ1n) is 5.72. The average Bonchev–Trinajstić information content (AvgIpc) is 2.28. The summed E-state index contributed by atoms with van der Waals surface area (Å²) in [6.07, 6.45) is 4.86. The van der Waals surface area contributed by atoms with Gasteiger partial charge in [-0.1, -0.05) is 0 Å². The Kier molecular flexibility index (Phi) is 3.25. The lowest BCUT2D eigenvalue weighted by Crippen LogP contribution is -2.45. The molecular formula is C12H16N4O. The van der Waals surface area contributed by atoms with E-state index >= 15 is 0 Å². The summed E-state index contributed by atoms with van der Waals surface area (Å²) in [7, 11) is 1.73. The van der Waals surface area contributed by atoms with Crippen molar-refractivity contribution in [3.63, 3.8) is 0 Å². The van der Waals surface area contributed by atoms with E-state index in [2.05, 4.69) is 21.4 Å². The van der Waals surface area contributed by atoms with Gasteiger partial charge >= 0.3 is 0 Å². The second-order valence-electron chi connectivity index (χ2n) is 4.39. The largest absolute Gasteiger partial charge is 0.376 e.